The Kier molecular flexibility index (Phi) is 3.06. The maximum Gasteiger partial charge on any atom is 0.0654 e. The minimum Gasteiger partial charge on any atom is -0.379 e. The second-order valence-corrected chi connectivity index (χ2v) is 2.42. The predicted molar refractivity (Wildman–Crippen MR) is 35.7 cm³/mol. The van der Waals surface area contributed by atoms with Crippen molar-refractivity contribution in [3.63, 3.8) is 0 Å². The smallest absolute Gasteiger partial charge is 0.0654 e. The Morgan fingerprint density at radius 1 is 1.50 bits per heavy atom. The molecule has 0 atom stereocenters. The maximum atomic E-state index is 5.12. The van der Waals surface area contributed by atoms with Crippen LogP contribution in [0.2, 0.25) is 0 Å². The van der Waals surface area contributed by atoms with Crippen LogP contribution in [0.4, 0.5) is 0 Å². The molecular formula is C7H15O. The van der Waals surface area contributed by atoms with E-state index < -0.39 is 0 Å². The van der Waals surface area contributed by atoms with Gasteiger partial charge in [0.05, 0.1) is 5.60 Å². The first-order valence-electron chi connectivity index (χ1n) is 3.02. The van der Waals surface area contributed by atoms with Gasteiger partial charge in [0.1, 0.15) is 0 Å². The Morgan fingerprint density at radius 3 is 2.12 bits per heavy atom. The molecule has 0 unspecified atom stereocenters. The van der Waals surface area contributed by atoms with Gasteiger partial charge < -0.3 is 4.74 Å². The quantitative estimate of drug-likeness (QED) is 0.546. The average molecular weight is 115 g/mol. The molecule has 0 saturated carbocycles. The summed E-state index contributed by atoms with van der Waals surface area (Å²) in [5, 5.41) is 0. The third-order valence-corrected chi connectivity index (χ3v) is 1.22. The first kappa shape index (κ1) is 7.96. The number of hydrogen-bond acceptors (Lipinski definition) is 1. The van der Waals surface area contributed by atoms with Crippen LogP contribution in [0.25, 0.3) is 0 Å². The van der Waals surface area contributed by atoms with Gasteiger partial charge in [0.15, 0.2) is 0 Å². The van der Waals surface area contributed by atoms with Crippen molar-refractivity contribution in [2.45, 2.75) is 32.8 Å². The van der Waals surface area contributed by atoms with Crippen LogP contribution < -0.4 is 0 Å². The molecule has 0 spiro atoms. The number of ether oxygens (including phenoxy) is 1. The van der Waals surface area contributed by atoms with E-state index >= 15 is 0 Å². The fourth-order valence-electron chi connectivity index (χ4n) is 0.575. The third-order valence-electron chi connectivity index (χ3n) is 1.22. The van der Waals surface area contributed by atoms with E-state index in [4.69, 9.17) is 4.74 Å². The van der Waals surface area contributed by atoms with Crippen molar-refractivity contribution < 1.29 is 4.74 Å². The summed E-state index contributed by atoms with van der Waals surface area (Å²) >= 11 is 0. The van der Waals surface area contributed by atoms with Crippen LogP contribution in [-0.2, 0) is 4.74 Å². The van der Waals surface area contributed by atoms with Gasteiger partial charge >= 0.3 is 0 Å². The van der Waals surface area contributed by atoms with Gasteiger partial charge in [0, 0.05) is 7.11 Å². The summed E-state index contributed by atoms with van der Waals surface area (Å²) in [6.07, 6.45) is 3.22. The van der Waals surface area contributed by atoms with E-state index in [1.165, 1.54) is 0 Å². The zero-order valence-corrected chi connectivity index (χ0v) is 6.19. The number of methoxy groups -OCH3 is 1. The number of rotatable bonds is 3. The van der Waals surface area contributed by atoms with Gasteiger partial charge in [-0.25, -0.2) is 0 Å². The second-order valence-electron chi connectivity index (χ2n) is 2.42. The Bertz CT molecular complexity index is 57.4. The molecule has 49 valence electrons. The molecule has 1 nitrogen and oxygen atoms in total. The highest BCUT2D eigenvalue weighted by Gasteiger charge is 2.13. The topological polar surface area (TPSA) is 9.23 Å². The second kappa shape index (κ2) is 3.08. The van der Waals surface area contributed by atoms with Gasteiger partial charge in [-0.3, -0.25) is 0 Å². The highest BCUT2D eigenvalue weighted by molar-refractivity contribution is 4.84. The van der Waals surface area contributed by atoms with E-state index in [1.807, 2.05) is 0 Å². The van der Waals surface area contributed by atoms with Crippen LogP contribution in [0.5, 0.6) is 0 Å². The highest BCUT2D eigenvalue weighted by Crippen LogP contribution is 2.12. The summed E-state index contributed by atoms with van der Waals surface area (Å²) in [5.41, 5.74) is -0.0330. The Hall–Kier alpha value is -0.0400. The van der Waals surface area contributed by atoms with Crippen molar-refractivity contribution in [1.29, 1.82) is 0 Å². The maximum absolute atomic E-state index is 5.12. The van der Waals surface area contributed by atoms with Crippen LogP contribution >= 0.6 is 0 Å². The van der Waals surface area contributed by atoms with Gasteiger partial charge in [-0.2, -0.15) is 0 Å². The molecule has 0 amide bonds. The zero-order chi connectivity index (χ0) is 6.62. The molecule has 0 heterocycles. The summed E-state index contributed by atoms with van der Waals surface area (Å²) in [5.74, 6) is 0. The first-order chi connectivity index (χ1) is 3.62. The molecule has 0 aliphatic carbocycles. The van der Waals surface area contributed by atoms with Gasteiger partial charge in [-0.15, -0.1) is 0 Å². The molecule has 8 heavy (non-hydrogen) atoms. The lowest BCUT2D eigenvalue weighted by molar-refractivity contribution is 0.0491. The summed E-state index contributed by atoms with van der Waals surface area (Å²) in [6, 6.07) is 0. The molecule has 0 aliphatic rings. The molecular weight excluding hydrogens is 100 g/mol. The lowest BCUT2D eigenvalue weighted by Crippen LogP contribution is -2.22. The molecule has 0 aliphatic heterocycles. The normalized spacial score (nSPS) is 12.0. The van der Waals surface area contributed by atoms with Crippen LogP contribution in [0.15, 0.2) is 0 Å². The molecule has 1 radical (unpaired) electrons. The minimum absolute atomic E-state index is 0.0330. The summed E-state index contributed by atoms with van der Waals surface area (Å²) in [6.45, 7) is 6.22. The van der Waals surface area contributed by atoms with Crippen molar-refractivity contribution in [2.75, 3.05) is 7.11 Å². The molecule has 0 bridgehead atoms. The van der Waals surface area contributed by atoms with E-state index in [0.29, 0.717) is 0 Å². The summed E-state index contributed by atoms with van der Waals surface area (Å²) < 4.78 is 5.12. The highest BCUT2D eigenvalue weighted by atomic mass is 16.5. The van der Waals surface area contributed by atoms with E-state index in [0.717, 1.165) is 6.42 Å². The first-order valence-corrected chi connectivity index (χ1v) is 3.02. The van der Waals surface area contributed by atoms with E-state index in [-0.39, 0.29) is 5.60 Å². The fourth-order valence-corrected chi connectivity index (χ4v) is 0.575. The molecule has 0 aromatic carbocycles. The van der Waals surface area contributed by atoms with Crippen LogP contribution in [-0.4, -0.2) is 12.7 Å². The summed E-state index contributed by atoms with van der Waals surface area (Å²) in [4.78, 5) is 0. The molecule has 0 rings (SSSR count). The van der Waals surface area contributed by atoms with E-state index in [9.17, 15) is 0 Å². The molecule has 0 N–H and O–H groups in total. The molecule has 0 aromatic heterocycles. The molecule has 0 saturated heterocycles. The molecule has 1 heteroatoms. The van der Waals surface area contributed by atoms with Gasteiger partial charge in [0.25, 0.3) is 0 Å². The van der Waals surface area contributed by atoms with Crippen molar-refractivity contribution in [3.8, 4) is 0 Å². The standard InChI is InChI=1S/C7H15O/c1-5-6-7(2,3)8-4/h6H,5H2,1-4H3. The van der Waals surface area contributed by atoms with E-state index in [2.05, 4.69) is 27.2 Å². The fraction of sp³-hybridized carbons (Fsp3) is 0.857. The predicted octanol–water partition coefficient (Wildman–Crippen LogP) is 2.03. The van der Waals surface area contributed by atoms with Gasteiger partial charge in [-0.1, -0.05) is 13.3 Å². The lowest BCUT2D eigenvalue weighted by atomic mass is 10.0. The van der Waals surface area contributed by atoms with Crippen molar-refractivity contribution in [2.24, 2.45) is 0 Å². The van der Waals surface area contributed by atoms with Crippen molar-refractivity contribution in [3.05, 3.63) is 6.42 Å². The van der Waals surface area contributed by atoms with Gasteiger partial charge in [-0.05, 0) is 20.3 Å². The van der Waals surface area contributed by atoms with E-state index in [1.54, 1.807) is 7.11 Å². The Morgan fingerprint density at radius 2 is 2.00 bits per heavy atom. The minimum atomic E-state index is -0.0330. The summed E-state index contributed by atoms with van der Waals surface area (Å²) in [7, 11) is 1.73. The van der Waals surface area contributed by atoms with Gasteiger partial charge in [0.2, 0.25) is 0 Å². The SMILES string of the molecule is CC[CH]C(C)(C)OC. The zero-order valence-electron chi connectivity index (χ0n) is 6.19. The van der Waals surface area contributed by atoms with Crippen LogP contribution in [0, 0.1) is 6.42 Å². The van der Waals surface area contributed by atoms with Crippen molar-refractivity contribution >= 4 is 0 Å². The Balaban J connectivity index is 3.37. The lowest BCUT2D eigenvalue weighted by Gasteiger charge is -2.20. The monoisotopic (exact) mass is 115 g/mol. The Labute approximate surface area is 52.0 Å². The average Bonchev–Trinajstić information content (AvgIpc) is 1.67. The third kappa shape index (κ3) is 3.03. The molecule has 0 aromatic rings. The largest absolute Gasteiger partial charge is 0.379 e. The van der Waals surface area contributed by atoms with Crippen molar-refractivity contribution in [1.82, 2.24) is 0 Å². The molecule has 0 fully saturated rings. The van der Waals surface area contributed by atoms with Crippen LogP contribution in [0.3, 0.4) is 0 Å². The number of hydrogen-bond donors (Lipinski definition) is 0. The van der Waals surface area contributed by atoms with Crippen LogP contribution in [0.1, 0.15) is 27.2 Å².